The highest BCUT2D eigenvalue weighted by molar-refractivity contribution is 5.85. The quantitative estimate of drug-likeness (QED) is 0.602. The number of carbonyl (C=O) groups is 1. The minimum Gasteiger partial charge on any atom is -0.426 e. The standard InChI is InChI=1S/C18H18O2/c19-18(17-15-7-3-4-8-16(15)17)20-14-10-9-12-5-1-2-6-13(12)11-14/h1-2,5-6,9-11,15-17H,3-4,7-8H2/t15-,16+,17?. The van der Waals surface area contributed by atoms with E-state index in [1.807, 2.05) is 36.4 Å². The fourth-order valence-corrected chi connectivity index (χ4v) is 3.76. The molecule has 2 nitrogen and oxygen atoms in total. The molecule has 2 saturated carbocycles. The fourth-order valence-electron chi connectivity index (χ4n) is 3.76. The zero-order chi connectivity index (χ0) is 13.5. The largest absolute Gasteiger partial charge is 0.426 e. The lowest BCUT2D eigenvalue weighted by molar-refractivity contribution is -0.136. The smallest absolute Gasteiger partial charge is 0.314 e. The van der Waals surface area contributed by atoms with Crippen molar-refractivity contribution in [2.75, 3.05) is 0 Å². The maximum Gasteiger partial charge on any atom is 0.314 e. The number of fused-ring (bicyclic) bond motifs is 2. The zero-order valence-electron chi connectivity index (χ0n) is 11.4. The fraction of sp³-hybridized carbons (Fsp3) is 0.389. The van der Waals surface area contributed by atoms with E-state index in [1.54, 1.807) is 0 Å². The van der Waals surface area contributed by atoms with Crippen LogP contribution >= 0.6 is 0 Å². The van der Waals surface area contributed by atoms with Gasteiger partial charge in [-0.1, -0.05) is 43.2 Å². The predicted octanol–water partition coefficient (Wildman–Crippen LogP) is 4.18. The topological polar surface area (TPSA) is 26.3 Å². The highest BCUT2D eigenvalue weighted by Crippen LogP contribution is 2.55. The van der Waals surface area contributed by atoms with Crippen molar-refractivity contribution in [2.24, 2.45) is 17.8 Å². The summed E-state index contributed by atoms with van der Waals surface area (Å²) in [6, 6.07) is 14.0. The van der Waals surface area contributed by atoms with E-state index in [9.17, 15) is 4.79 Å². The van der Waals surface area contributed by atoms with Crippen LogP contribution in [0.4, 0.5) is 0 Å². The van der Waals surface area contributed by atoms with Crippen LogP contribution in [0.5, 0.6) is 5.75 Å². The van der Waals surface area contributed by atoms with Crippen molar-refractivity contribution >= 4 is 16.7 Å². The molecular formula is C18H18O2. The third-order valence-electron chi connectivity index (χ3n) is 4.87. The molecule has 0 N–H and O–H groups in total. The molecular weight excluding hydrogens is 248 g/mol. The molecule has 1 unspecified atom stereocenters. The average Bonchev–Trinajstić information content (AvgIpc) is 3.21. The van der Waals surface area contributed by atoms with E-state index in [-0.39, 0.29) is 11.9 Å². The van der Waals surface area contributed by atoms with Gasteiger partial charge in [0.15, 0.2) is 0 Å². The summed E-state index contributed by atoms with van der Waals surface area (Å²) in [4.78, 5) is 12.3. The maximum atomic E-state index is 12.3. The average molecular weight is 266 g/mol. The Bertz CT molecular complexity index is 649. The molecule has 3 atom stereocenters. The second-order valence-electron chi connectivity index (χ2n) is 6.07. The van der Waals surface area contributed by atoms with E-state index >= 15 is 0 Å². The van der Waals surface area contributed by atoms with E-state index in [0.717, 1.165) is 5.39 Å². The van der Waals surface area contributed by atoms with Crippen LogP contribution in [0.1, 0.15) is 25.7 Å². The van der Waals surface area contributed by atoms with Crippen LogP contribution in [0.25, 0.3) is 10.8 Å². The Morgan fingerprint density at radius 2 is 1.65 bits per heavy atom. The summed E-state index contributed by atoms with van der Waals surface area (Å²) in [6.07, 6.45) is 4.98. The van der Waals surface area contributed by atoms with Crippen LogP contribution in [-0.2, 0) is 4.79 Å². The second-order valence-corrected chi connectivity index (χ2v) is 6.07. The van der Waals surface area contributed by atoms with Gasteiger partial charge >= 0.3 is 5.97 Å². The van der Waals surface area contributed by atoms with Gasteiger partial charge in [-0.3, -0.25) is 4.79 Å². The van der Waals surface area contributed by atoms with Gasteiger partial charge in [0.25, 0.3) is 0 Å². The summed E-state index contributed by atoms with van der Waals surface area (Å²) in [6.45, 7) is 0. The first-order valence-corrected chi connectivity index (χ1v) is 7.53. The molecule has 0 radical (unpaired) electrons. The first kappa shape index (κ1) is 12.0. The van der Waals surface area contributed by atoms with E-state index in [0.29, 0.717) is 17.6 Å². The molecule has 2 heteroatoms. The zero-order valence-corrected chi connectivity index (χ0v) is 11.4. The van der Waals surface area contributed by atoms with Crippen molar-refractivity contribution in [2.45, 2.75) is 25.7 Å². The molecule has 2 aromatic rings. The number of rotatable bonds is 2. The van der Waals surface area contributed by atoms with Crippen molar-refractivity contribution in [3.8, 4) is 5.75 Å². The SMILES string of the molecule is O=C(Oc1ccc2ccccc2c1)C1[C@H]2CCCC[C@@H]12. The Morgan fingerprint density at radius 3 is 2.40 bits per heavy atom. The van der Waals surface area contributed by atoms with Gasteiger partial charge in [0.05, 0.1) is 5.92 Å². The predicted molar refractivity (Wildman–Crippen MR) is 78.5 cm³/mol. The highest BCUT2D eigenvalue weighted by Gasteiger charge is 2.55. The van der Waals surface area contributed by atoms with Gasteiger partial charge < -0.3 is 4.74 Å². The van der Waals surface area contributed by atoms with Gasteiger partial charge in [0.1, 0.15) is 5.75 Å². The summed E-state index contributed by atoms with van der Waals surface area (Å²) < 4.78 is 5.60. The molecule has 0 amide bonds. The third kappa shape index (κ3) is 2.00. The number of carbonyl (C=O) groups excluding carboxylic acids is 1. The Hall–Kier alpha value is -1.83. The number of benzene rings is 2. The summed E-state index contributed by atoms with van der Waals surface area (Å²) in [5.41, 5.74) is 0. The van der Waals surface area contributed by atoms with Crippen LogP contribution in [-0.4, -0.2) is 5.97 Å². The first-order valence-electron chi connectivity index (χ1n) is 7.53. The van der Waals surface area contributed by atoms with Gasteiger partial charge in [-0.25, -0.2) is 0 Å². The second kappa shape index (κ2) is 4.62. The monoisotopic (exact) mass is 266 g/mol. The molecule has 2 aliphatic carbocycles. The number of ether oxygens (including phenoxy) is 1. The molecule has 20 heavy (non-hydrogen) atoms. The maximum absolute atomic E-state index is 12.3. The Morgan fingerprint density at radius 1 is 0.950 bits per heavy atom. The van der Waals surface area contributed by atoms with Crippen LogP contribution in [0, 0.1) is 17.8 Å². The van der Waals surface area contributed by atoms with E-state index < -0.39 is 0 Å². The Labute approximate surface area is 118 Å². The van der Waals surface area contributed by atoms with E-state index in [2.05, 4.69) is 6.07 Å². The molecule has 0 aromatic heterocycles. The van der Waals surface area contributed by atoms with Crippen molar-refractivity contribution in [3.05, 3.63) is 42.5 Å². The van der Waals surface area contributed by atoms with Crippen molar-refractivity contribution in [1.82, 2.24) is 0 Å². The lowest BCUT2D eigenvalue weighted by Crippen LogP contribution is -2.12. The summed E-state index contributed by atoms with van der Waals surface area (Å²) in [5, 5.41) is 2.29. The van der Waals surface area contributed by atoms with Gasteiger partial charge in [-0.05, 0) is 47.6 Å². The normalized spacial score (nSPS) is 27.9. The number of hydrogen-bond donors (Lipinski definition) is 0. The van der Waals surface area contributed by atoms with Gasteiger partial charge in [0.2, 0.25) is 0 Å². The third-order valence-corrected chi connectivity index (χ3v) is 4.87. The van der Waals surface area contributed by atoms with Crippen molar-refractivity contribution in [1.29, 1.82) is 0 Å². The lowest BCUT2D eigenvalue weighted by Gasteiger charge is -2.05. The van der Waals surface area contributed by atoms with Crippen LogP contribution < -0.4 is 4.74 Å². The van der Waals surface area contributed by atoms with E-state index in [4.69, 9.17) is 4.74 Å². The first-order chi connectivity index (χ1) is 9.83. The molecule has 102 valence electrons. The molecule has 0 heterocycles. The van der Waals surface area contributed by atoms with Crippen molar-refractivity contribution < 1.29 is 9.53 Å². The van der Waals surface area contributed by atoms with Gasteiger partial charge in [-0.15, -0.1) is 0 Å². The van der Waals surface area contributed by atoms with Crippen LogP contribution in [0.3, 0.4) is 0 Å². The number of esters is 1. The molecule has 0 bridgehead atoms. The molecule has 2 fully saturated rings. The van der Waals surface area contributed by atoms with Gasteiger partial charge in [0, 0.05) is 0 Å². The van der Waals surface area contributed by atoms with Crippen LogP contribution in [0.15, 0.2) is 42.5 Å². The summed E-state index contributed by atoms with van der Waals surface area (Å²) >= 11 is 0. The van der Waals surface area contributed by atoms with E-state index in [1.165, 1.54) is 31.1 Å². The van der Waals surface area contributed by atoms with Gasteiger partial charge in [-0.2, -0.15) is 0 Å². The minimum absolute atomic E-state index is 0.0165. The van der Waals surface area contributed by atoms with Crippen LogP contribution in [0.2, 0.25) is 0 Å². The Balaban J connectivity index is 1.51. The molecule has 2 aliphatic rings. The molecule has 4 rings (SSSR count). The minimum atomic E-state index is -0.0165. The molecule has 0 aliphatic heterocycles. The molecule has 0 spiro atoms. The Kier molecular flexibility index (Phi) is 2.76. The summed E-state index contributed by atoms with van der Waals surface area (Å²) in [7, 11) is 0. The highest BCUT2D eigenvalue weighted by atomic mass is 16.5. The molecule has 2 aromatic carbocycles. The molecule has 0 saturated heterocycles. The lowest BCUT2D eigenvalue weighted by atomic mass is 10.0. The summed E-state index contributed by atoms with van der Waals surface area (Å²) in [5.74, 6) is 2.05. The van der Waals surface area contributed by atoms with Crippen molar-refractivity contribution in [3.63, 3.8) is 0 Å². The number of hydrogen-bond acceptors (Lipinski definition) is 2.